The van der Waals surface area contributed by atoms with Gasteiger partial charge in [-0.1, -0.05) is 31.4 Å². The molecule has 1 N–H and O–H groups in total. The molecule has 1 saturated carbocycles. The molecule has 2 aliphatic carbocycles. The number of hydrogen-bond donors (Lipinski definition) is 1. The molecule has 2 atom stereocenters. The number of aryl methyl sites for hydroxylation is 1. The number of fused-ring (bicyclic) bond motifs is 1. The summed E-state index contributed by atoms with van der Waals surface area (Å²) >= 11 is 6.24. The molecule has 0 aromatic carbocycles. The van der Waals surface area contributed by atoms with Crippen molar-refractivity contribution in [3.05, 3.63) is 16.4 Å². The molecule has 1 aromatic heterocycles. The first kappa shape index (κ1) is 12.2. The fourth-order valence-corrected chi connectivity index (χ4v) is 3.43. The molecule has 1 heterocycles. The summed E-state index contributed by atoms with van der Waals surface area (Å²) < 4.78 is 0. The number of aromatic nitrogens is 2. The summed E-state index contributed by atoms with van der Waals surface area (Å²) in [5, 5.41) is 4.15. The third kappa shape index (κ3) is 2.33. The normalized spacial score (nSPS) is 27.0. The van der Waals surface area contributed by atoms with Gasteiger partial charge in [0.05, 0.1) is 5.69 Å². The molecule has 0 saturated heterocycles. The quantitative estimate of drug-likeness (QED) is 0.830. The highest BCUT2D eigenvalue weighted by atomic mass is 35.5. The molecule has 0 bridgehead atoms. The summed E-state index contributed by atoms with van der Waals surface area (Å²) in [6.07, 6.45) is 8.43. The summed E-state index contributed by atoms with van der Waals surface area (Å²) in [4.78, 5) is 9.05. The Hall–Kier alpha value is -0.830. The number of halogens is 1. The Labute approximate surface area is 113 Å². The largest absolute Gasteiger partial charge is 0.351 e. The Balaban J connectivity index is 1.78. The van der Waals surface area contributed by atoms with Crippen LogP contribution in [0.3, 0.4) is 0 Å². The lowest BCUT2D eigenvalue weighted by Gasteiger charge is -2.29. The molecule has 3 rings (SSSR count). The zero-order chi connectivity index (χ0) is 12.5. The van der Waals surface area contributed by atoms with Crippen LogP contribution in [0, 0.1) is 5.92 Å². The van der Waals surface area contributed by atoms with E-state index in [1.54, 1.807) is 0 Å². The number of hydrogen-bond acceptors (Lipinski definition) is 3. The molecule has 18 heavy (non-hydrogen) atoms. The third-order valence-corrected chi connectivity index (χ3v) is 4.62. The molecule has 0 spiro atoms. The highest BCUT2D eigenvalue weighted by Crippen LogP contribution is 2.29. The van der Waals surface area contributed by atoms with Gasteiger partial charge in [0.15, 0.2) is 0 Å². The lowest BCUT2D eigenvalue weighted by atomic mass is 9.86. The Morgan fingerprint density at radius 1 is 1.11 bits per heavy atom. The van der Waals surface area contributed by atoms with Crippen LogP contribution in [-0.2, 0) is 12.8 Å². The minimum atomic E-state index is 0.509. The maximum absolute atomic E-state index is 6.24. The van der Waals surface area contributed by atoms with Gasteiger partial charge in [0.1, 0.15) is 5.15 Å². The zero-order valence-corrected chi connectivity index (χ0v) is 11.6. The minimum absolute atomic E-state index is 0.509. The van der Waals surface area contributed by atoms with E-state index >= 15 is 0 Å². The van der Waals surface area contributed by atoms with Crippen molar-refractivity contribution in [3.63, 3.8) is 0 Å². The standard InChI is InChI=1S/C14H20ClN3/c1-9-5-2-3-7-11(9)16-14-17-12-8-4-6-10(12)13(15)18-14/h9,11H,2-8H2,1H3,(H,16,17,18). The smallest absolute Gasteiger partial charge is 0.224 e. The van der Waals surface area contributed by atoms with E-state index in [0.29, 0.717) is 17.1 Å². The minimum Gasteiger partial charge on any atom is -0.351 e. The monoisotopic (exact) mass is 265 g/mol. The molecule has 3 nitrogen and oxygen atoms in total. The fraction of sp³-hybridized carbons (Fsp3) is 0.714. The molecule has 4 heteroatoms. The maximum atomic E-state index is 6.24. The van der Waals surface area contributed by atoms with E-state index < -0.39 is 0 Å². The van der Waals surface area contributed by atoms with Crippen LogP contribution < -0.4 is 5.32 Å². The number of nitrogens with one attached hydrogen (secondary N) is 1. The van der Waals surface area contributed by atoms with Crippen molar-refractivity contribution in [2.24, 2.45) is 5.92 Å². The first-order chi connectivity index (χ1) is 8.74. The van der Waals surface area contributed by atoms with Crippen molar-refractivity contribution in [3.8, 4) is 0 Å². The van der Waals surface area contributed by atoms with Gasteiger partial charge in [-0.2, -0.15) is 0 Å². The second-order valence-electron chi connectivity index (χ2n) is 5.63. The molecular formula is C14H20ClN3. The SMILES string of the molecule is CC1CCCCC1Nc1nc(Cl)c2c(n1)CCC2. The van der Waals surface area contributed by atoms with Gasteiger partial charge in [0, 0.05) is 11.6 Å². The first-order valence-corrected chi connectivity index (χ1v) is 7.43. The summed E-state index contributed by atoms with van der Waals surface area (Å²) in [5.41, 5.74) is 2.32. The summed E-state index contributed by atoms with van der Waals surface area (Å²) in [7, 11) is 0. The van der Waals surface area contributed by atoms with Gasteiger partial charge < -0.3 is 5.32 Å². The average Bonchev–Trinajstić information content (AvgIpc) is 2.81. The summed E-state index contributed by atoms with van der Waals surface area (Å²) in [5.74, 6) is 1.44. The molecule has 98 valence electrons. The molecule has 0 radical (unpaired) electrons. The topological polar surface area (TPSA) is 37.8 Å². The zero-order valence-electron chi connectivity index (χ0n) is 10.9. The molecule has 0 amide bonds. The van der Waals surface area contributed by atoms with Gasteiger partial charge >= 0.3 is 0 Å². The molecule has 1 fully saturated rings. The van der Waals surface area contributed by atoms with Crippen LogP contribution >= 0.6 is 11.6 Å². The summed E-state index contributed by atoms with van der Waals surface area (Å²) in [6, 6.07) is 0.509. The molecule has 1 aromatic rings. The predicted octanol–water partition coefficient (Wildman–Crippen LogP) is 3.61. The van der Waals surface area contributed by atoms with E-state index in [2.05, 4.69) is 22.2 Å². The Kier molecular flexibility index (Phi) is 3.42. The van der Waals surface area contributed by atoms with Crippen LogP contribution in [-0.4, -0.2) is 16.0 Å². The Morgan fingerprint density at radius 2 is 1.94 bits per heavy atom. The van der Waals surface area contributed by atoms with Crippen LogP contribution in [0.25, 0.3) is 0 Å². The van der Waals surface area contributed by atoms with Crippen LogP contribution in [0.4, 0.5) is 5.95 Å². The molecule has 2 unspecified atom stereocenters. The molecular weight excluding hydrogens is 246 g/mol. The lowest BCUT2D eigenvalue weighted by molar-refractivity contribution is 0.348. The average molecular weight is 266 g/mol. The predicted molar refractivity (Wildman–Crippen MR) is 74.1 cm³/mol. The number of rotatable bonds is 2. The van der Waals surface area contributed by atoms with Crippen molar-refractivity contribution >= 4 is 17.5 Å². The van der Waals surface area contributed by atoms with E-state index in [4.69, 9.17) is 11.6 Å². The highest BCUT2D eigenvalue weighted by molar-refractivity contribution is 6.30. The first-order valence-electron chi connectivity index (χ1n) is 7.06. The van der Waals surface area contributed by atoms with Crippen molar-refractivity contribution < 1.29 is 0 Å². The van der Waals surface area contributed by atoms with Crippen LogP contribution in [0.5, 0.6) is 0 Å². The van der Waals surface area contributed by atoms with E-state index in [-0.39, 0.29) is 0 Å². The van der Waals surface area contributed by atoms with Crippen molar-refractivity contribution in [1.82, 2.24) is 9.97 Å². The van der Waals surface area contributed by atoms with E-state index in [1.165, 1.54) is 31.2 Å². The van der Waals surface area contributed by atoms with Gasteiger partial charge in [0.2, 0.25) is 5.95 Å². The van der Waals surface area contributed by atoms with Gasteiger partial charge in [-0.3, -0.25) is 0 Å². The van der Waals surface area contributed by atoms with Crippen molar-refractivity contribution in [1.29, 1.82) is 0 Å². The second kappa shape index (κ2) is 5.04. The van der Waals surface area contributed by atoms with Crippen molar-refractivity contribution in [2.75, 3.05) is 5.32 Å². The lowest BCUT2D eigenvalue weighted by Crippen LogP contribution is -2.31. The van der Waals surface area contributed by atoms with Gasteiger partial charge in [-0.05, 0) is 38.0 Å². The highest BCUT2D eigenvalue weighted by Gasteiger charge is 2.23. The Morgan fingerprint density at radius 3 is 2.78 bits per heavy atom. The van der Waals surface area contributed by atoms with Gasteiger partial charge in [0.25, 0.3) is 0 Å². The van der Waals surface area contributed by atoms with Gasteiger partial charge in [-0.25, -0.2) is 9.97 Å². The van der Waals surface area contributed by atoms with E-state index in [9.17, 15) is 0 Å². The molecule has 0 aliphatic heterocycles. The fourth-order valence-electron chi connectivity index (χ4n) is 3.15. The molecule has 2 aliphatic rings. The van der Waals surface area contributed by atoms with Crippen LogP contribution in [0.2, 0.25) is 5.15 Å². The van der Waals surface area contributed by atoms with Crippen LogP contribution in [0.1, 0.15) is 50.3 Å². The Bertz CT molecular complexity index is 447. The third-order valence-electron chi connectivity index (χ3n) is 4.31. The maximum Gasteiger partial charge on any atom is 0.224 e. The number of nitrogens with zero attached hydrogens (tertiary/aromatic N) is 2. The summed E-state index contributed by atoms with van der Waals surface area (Å²) in [6.45, 7) is 2.31. The second-order valence-corrected chi connectivity index (χ2v) is 5.99. The van der Waals surface area contributed by atoms with Crippen molar-refractivity contribution in [2.45, 2.75) is 57.9 Å². The number of anilines is 1. The van der Waals surface area contributed by atoms with Crippen LogP contribution in [0.15, 0.2) is 0 Å². The van der Waals surface area contributed by atoms with Gasteiger partial charge in [-0.15, -0.1) is 0 Å². The van der Waals surface area contributed by atoms with E-state index in [1.807, 2.05) is 0 Å². The van der Waals surface area contributed by atoms with E-state index in [0.717, 1.165) is 30.9 Å².